The number of nitro groups is 1. The number of nitrogens with zero attached hydrogens (tertiary/aromatic N) is 2. The van der Waals surface area contributed by atoms with Gasteiger partial charge in [-0.15, -0.1) is 6.58 Å². The Morgan fingerprint density at radius 1 is 1.52 bits per heavy atom. The van der Waals surface area contributed by atoms with Crippen LogP contribution in [-0.4, -0.2) is 43.2 Å². The second-order valence-electron chi connectivity index (χ2n) is 4.59. The maximum atomic E-state index is 12.6. The summed E-state index contributed by atoms with van der Waals surface area (Å²) in [5, 5.41) is 10.6. The predicted molar refractivity (Wildman–Crippen MR) is 83.3 cm³/mol. The van der Waals surface area contributed by atoms with Crippen molar-refractivity contribution >= 4 is 21.7 Å². The van der Waals surface area contributed by atoms with Crippen molar-refractivity contribution in [3.63, 3.8) is 0 Å². The van der Waals surface area contributed by atoms with E-state index in [4.69, 9.17) is 8.85 Å². The molecule has 1 unspecified atom stereocenters. The van der Waals surface area contributed by atoms with Gasteiger partial charge in [0.1, 0.15) is 12.6 Å². The lowest BCUT2D eigenvalue weighted by Gasteiger charge is -2.18. The summed E-state index contributed by atoms with van der Waals surface area (Å²) in [6.07, 6.45) is 1.21. The molecule has 0 aliphatic rings. The first-order valence-corrected chi connectivity index (χ1v) is 7.91. The smallest absolute Gasteiger partial charge is 0.321 e. The molecule has 1 rings (SSSR count). The Morgan fingerprint density at radius 3 is 2.61 bits per heavy atom. The molecule has 0 aromatic heterocycles. The number of rotatable bonds is 8. The number of likely N-dealkylation sites (N-methyl/N-ethyl adjacent to an activating group) is 1. The third-order valence-corrected chi connectivity index (χ3v) is 4.32. The molecule has 0 N–H and O–H groups in total. The van der Waals surface area contributed by atoms with E-state index in [2.05, 4.69) is 6.58 Å². The zero-order valence-corrected chi connectivity index (χ0v) is 13.2. The summed E-state index contributed by atoms with van der Waals surface area (Å²) in [7, 11) is -4.62. The van der Waals surface area contributed by atoms with Gasteiger partial charge in [0.25, 0.3) is 5.69 Å². The van der Waals surface area contributed by atoms with Gasteiger partial charge in [-0.3, -0.25) is 14.9 Å². The monoisotopic (exact) mass is 345 g/mol. The van der Waals surface area contributed by atoms with Crippen LogP contribution in [0.3, 0.4) is 0 Å². The maximum Gasteiger partial charge on any atom is 0.321 e. The fourth-order valence-corrected chi connectivity index (χ4v) is 2.62. The molecule has 0 aliphatic carbocycles. The van der Waals surface area contributed by atoms with Gasteiger partial charge in [0.2, 0.25) is 10.0 Å². The minimum atomic E-state index is -4.62. The highest BCUT2D eigenvalue weighted by molar-refractivity contribution is 7.89. The standard InChI is InChI=1S/C14H18N2O6S/c1-4-5-11(2)22-14(17)10-15(3)23(20,21)13-8-6-12(7-9-13)16(18)19/h4,6-9,11H,1,5,10H2,2-3H3/i3D3. The summed E-state index contributed by atoms with van der Waals surface area (Å²) >= 11 is 0. The van der Waals surface area contributed by atoms with E-state index >= 15 is 0 Å². The molecule has 1 aromatic rings. The van der Waals surface area contributed by atoms with Crippen molar-refractivity contribution in [2.75, 3.05) is 13.5 Å². The van der Waals surface area contributed by atoms with Gasteiger partial charge in [0.05, 0.1) is 9.82 Å². The zero-order chi connectivity index (χ0) is 20.1. The van der Waals surface area contributed by atoms with Crippen LogP contribution < -0.4 is 0 Å². The van der Waals surface area contributed by atoms with Crippen molar-refractivity contribution in [2.24, 2.45) is 0 Å². The van der Waals surface area contributed by atoms with Crippen LogP contribution >= 0.6 is 0 Å². The molecule has 9 heteroatoms. The molecule has 0 fully saturated rings. The lowest BCUT2D eigenvalue weighted by molar-refractivity contribution is -0.384. The van der Waals surface area contributed by atoms with Crippen molar-refractivity contribution < 1.29 is 27.0 Å². The molecule has 0 saturated heterocycles. The summed E-state index contributed by atoms with van der Waals surface area (Å²) in [6, 6.07) is 3.65. The van der Waals surface area contributed by atoms with Gasteiger partial charge in [-0.05, 0) is 19.1 Å². The highest BCUT2D eigenvalue weighted by Crippen LogP contribution is 2.18. The third-order valence-electron chi connectivity index (χ3n) is 2.74. The van der Waals surface area contributed by atoms with Crippen molar-refractivity contribution in [2.45, 2.75) is 24.3 Å². The van der Waals surface area contributed by atoms with Gasteiger partial charge in [-0.1, -0.05) is 6.08 Å². The molecule has 0 heterocycles. The van der Waals surface area contributed by atoms with Gasteiger partial charge in [-0.25, -0.2) is 8.42 Å². The lowest BCUT2D eigenvalue weighted by Crippen LogP contribution is -2.34. The van der Waals surface area contributed by atoms with Crippen LogP contribution in [0.1, 0.15) is 17.5 Å². The number of esters is 1. The number of nitro benzene ring substituents is 1. The molecular weight excluding hydrogens is 324 g/mol. The molecule has 1 aromatic carbocycles. The molecule has 0 radical (unpaired) electrons. The fraction of sp³-hybridized carbons (Fsp3) is 0.357. The largest absolute Gasteiger partial charge is 0.461 e. The number of non-ortho nitro benzene ring substituents is 1. The number of hydrogen-bond donors (Lipinski definition) is 0. The van der Waals surface area contributed by atoms with Crippen LogP contribution in [0.4, 0.5) is 5.69 Å². The van der Waals surface area contributed by atoms with E-state index in [1.165, 1.54) is 6.08 Å². The zero-order valence-electron chi connectivity index (χ0n) is 15.3. The number of benzene rings is 1. The predicted octanol–water partition coefficient (Wildman–Crippen LogP) is 1.72. The Morgan fingerprint density at radius 2 is 2.13 bits per heavy atom. The summed E-state index contributed by atoms with van der Waals surface area (Å²) in [5.41, 5.74) is -0.359. The minimum absolute atomic E-state index is 0.0180. The molecule has 126 valence electrons. The van der Waals surface area contributed by atoms with Gasteiger partial charge >= 0.3 is 5.97 Å². The van der Waals surface area contributed by atoms with Crippen LogP contribution in [0.2, 0.25) is 0 Å². The molecule has 0 amide bonds. The maximum absolute atomic E-state index is 12.6. The van der Waals surface area contributed by atoms with E-state index in [-0.39, 0.29) is 9.99 Å². The number of sulfonamides is 1. The summed E-state index contributed by atoms with van der Waals surface area (Å²) in [5.74, 6) is -1.04. The highest BCUT2D eigenvalue weighted by Gasteiger charge is 2.24. The number of hydrogen-bond acceptors (Lipinski definition) is 6. The van der Waals surface area contributed by atoms with Crippen molar-refractivity contribution in [1.82, 2.24) is 4.31 Å². The first kappa shape index (κ1) is 14.3. The Hall–Kier alpha value is -2.26. The molecule has 8 nitrogen and oxygen atoms in total. The molecular formula is C14H18N2O6S. The van der Waals surface area contributed by atoms with Crippen molar-refractivity contribution in [3.8, 4) is 0 Å². The topological polar surface area (TPSA) is 107 Å². The first-order valence-electron chi connectivity index (χ1n) is 7.97. The van der Waals surface area contributed by atoms with Crippen LogP contribution in [0.25, 0.3) is 0 Å². The van der Waals surface area contributed by atoms with E-state index in [1.807, 2.05) is 0 Å². The van der Waals surface area contributed by atoms with Gasteiger partial charge in [-0.2, -0.15) is 4.31 Å². The Balaban J connectivity index is 3.13. The number of ether oxygens (including phenoxy) is 1. The summed E-state index contributed by atoms with van der Waals surface area (Å²) < 4.78 is 52.3. The molecule has 0 spiro atoms. The average molecular weight is 345 g/mol. The molecule has 0 bridgehead atoms. The van der Waals surface area contributed by atoms with Gasteiger partial charge in [0.15, 0.2) is 0 Å². The van der Waals surface area contributed by atoms with Gasteiger partial charge < -0.3 is 4.74 Å². The minimum Gasteiger partial charge on any atom is -0.461 e. The van der Waals surface area contributed by atoms with E-state index < -0.39 is 45.4 Å². The average Bonchev–Trinajstić information content (AvgIpc) is 2.51. The second-order valence-corrected chi connectivity index (χ2v) is 6.45. The van der Waals surface area contributed by atoms with E-state index in [9.17, 15) is 23.3 Å². The first-order chi connectivity index (χ1) is 11.9. The van der Waals surface area contributed by atoms with Crippen LogP contribution in [-0.2, 0) is 19.6 Å². The summed E-state index contributed by atoms with van der Waals surface area (Å²) in [4.78, 5) is 21.3. The van der Waals surface area contributed by atoms with E-state index in [0.29, 0.717) is 6.42 Å². The van der Waals surface area contributed by atoms with Crippen molar-refractivity contribution in [3.05, 3.63) is 47.0 Å². The van der Waals surface area contributed by atoms with Crippen molar-refractivity contribution in [1.29, 1.82) is 0 Å². The number of carbonyl (C=O) groups is 1. The van der Waals surface area contributed by atoms with E-state index in [0.717, 1.165) is 24.3 Å². The van der Waals surface area contributed by atoms with Gasteiger partial charge in [0, 0.05) is 29.6 Å². The highest BCUT2D eigenvalue weighted by atomic mass is 32.2. The third kappa shape index (κ3) is 5.15. The van der Waals surface area contributed by atoms with E-state index in [1.54, 1.807) is 6.92 Å². The SMILES string of the molecule is [2H]C([2H])([2H])N(CC(=O)OC(C)CC=C)S(=O)(=O)c1ccc([N+](=O)[O-])cc1. The summed E-state index contributed by atoms with van der Waals surface area (Å²) in [6.45, 7) is 0.835. The Bertz CT molecular complexity index is 777. The van der Waals surface area contributed by atoms with Crippen LogP contribution in [0.15, 0.2) is 41.8 Å². The molecule has 1 atom stereocenters. The second kappa shape index (κ2) is 7.84. The molecule has 23 heavy (non-hydrogen) atoms. The Kier molecular flexibility index (Phi) is 4.89. The van der Waals surface area contributed by atoms with Crippen LogP contribution in [0.5, 0.6) is 0 Å². The molecule has 0 aliphatic heterocycles. The fourth-order valence-electron chi connectivity index (χ4n) is 1.61. The Labute approximate surface area is 138 Å². The number of carbonyl (C=O) groups excluding carboxylic acids is 1. The molecule has 0 saturated carbocycles. The lowest BCUT2D eigenvalue weighted by atomic mass is 10.3. The normalized spacial score (nSPS) is 15.1. The van der Waals surface area contributed by atoms with Crippen LogP contribution in [0, 0.1) is 10.1 Å². The quantitative estimate of drug-likeness (QED) is 0.307.